The Bertz CT molecular complexity index is 1650. The van der Waals surface area contributed by atoms with Crippen molar-refractivity contribution in [3.63, 3.8) is 0 Å². The molecule has 0 saturated carbocycles. The molecule has 344 valence electrons. The molecule has 61 heavy (non-hydrogen) atoms. The van der Waals surface area contributed by atoms with E-state index in [0.717, 1.165) is 48.5 Å². The molecule has 0 aromatic carbocycles. The van der Waals surface area contributed by atoms with Crippen molar-refractivity contribution in [2.75, 3.05) is 19.8 Å². The maximum atomic E-state index is 12.8. The minimum Gasteiger partial charge on any atom is -0.463 e. The van der Waals surface area contributed by atoms with Crippen LogP contribution in [0.15, 0.2) is 0 Å². The SMILES string of the molecule is CC(=O)OCC1O[C@@H](O[C@@H]2C(COC(C)=O)O[C@@H](OCC3O[C@H]4OC(C)(C)OC4C4OC(C)(C)O[C@@H]34)C(OC(C)=O)C2OC(C)=O)C(OC(C)=O)C(OC(C)=O)[C@@H]1OC(C)=O. The molecule has 0 aromatic rings. The molecule has 0 amide bonds. The van der Waals surface area contributed by atoms with Crippen LogP contribution in [0, 0.1) is 0 Å². The Hall–Kier alpha value is -4.07. The fourth-order valence-corrected chi connectivity index (χ4v) is 7.62. The van der Waals surface area contributed by atoms with E-state index in [0.29, 0.717) is 0 Å². The number of hydrogen-bond donors (Lipinski definition) is 0. The quantitative estimate of drug-likeness (QED) is 0.164. The molecule has 0 radical (unpaired) electrons. The highest BCUT2D eigenvalue weighted by molar-refractivity contribution is 5.69. The van der Waals surface area contributed by atoms with Crippen LogP contribution in [-0.4, -0.2) is 165 Å². The Labute approximate surface area is 350 Å². The topological polar surface area (TPSA) is 267 Å². The van der Waals surface area contributed by atoms with Crippen molar-refractivity contribution in [2.24, 2.45) is 0 Å². The van der Waals surface area contributed by atoms with E-state index in [2.05, 4.69) is 0 Å². The Kier molecular flexibility index (Phi) is 15.4. The molecule has 0 N–H and O–H groups in total. The van der Waals surface area contributed by atoms with Crippen molar-refractivity contribution in [3.8, 4) is 0 Å². The lowest BCUT2D eigenvalue weighted by atomic mass is 9.95. The summed E-state index contributed by atoms with van der Waals surface area (Å²) in [5.41, 5.74) is 0. The van der Waals surface area contributed by atoms with E-state index in [-0.39, 0.29) is 6.61 Å². The van der Waals surface area contributed by atoms with Crippen LogP contribution < -0.4 is 0 Å². The van der Waals surface area contributed by atoms with Gasteiger partial charge in [-0.2, -0.15) is 0 Å². The van der Waals surface area contributed by atoms with Gasteiger partial charge in [-0.3, -0.25) is 33.6 Å². The molecular weight excluding hydrogens is 824 g/mol. The molecule has 5 rings (SSSR count). The number of hydrogen-bond acceptors (Lipinski definition) is 23. The van der Waals surface area contributed by atoms with Crippen LogP contribution in [0.25, 0.3) is 0 Å². The van der Waals surface area contributed by atoms with Crippen molar-refractivity contribution in [1.82, 2.24) is 0 Å². The Balaban J connectivity index is 1.51. The number of esters is 7. The van der Waals surface area contributed by atoms with Gasteiger partial charge in [0.2, 0.25) is 0 Å². The third-order valence-electron chi connectivity index (χ3n) is 9.56. The average Bonchev–Trinajstić information content (AvgIpc) is 3.62. The van der Waals surface area contributed by atoms with Crippen LogP contribution in [-0.2, 0) is 109 Å². The van der Waals surface area contributed by atoms with Gasteiger partial charge in [0.15, 0.2) is 61.0 Å². The van der Waals surface area contributed by atoms with E-state index in [9.17, 15) is 33.6 Å². The van der Waals surface area contributed by atoms with Crippen molar-refractivity contribution < 1.29 is 109 Å². The second kappa shape index (κ2) is 19.5. The zero-order valence-electron chi connectivity index (χ0n) is 35.7. The monoisotopic (exact) mass is 878 g/mol. The number of carbonyl (C=O) groups excluding carboxylic acids is 7. The summed E-state index contributed by atoms with van der Waals surface area (Å²) in [5, 5.41) is 0. The molecular formula is C38H54O23. The molecule has 15 atom stereocenters. The second-order valence-corrected chi connectivity index (χ2v) is 15.7. The van der Waals surface area contributed by atoms with E-state index in [1.165, 1.54) is 0 Å². The molecule has 5 fully saturated rings. The first-order valence-electron chi connectivity index (χ1n) is 19.5. The lowest BCUT2D eigenvalue weighted by Crippen LogP contribution is -2.67. The molecule has 9 unspecified atom stereocenters. The van der Waals surface area contributed by atoms with Gasteiger partial charge in [-0.05, 0) is 27.7 Å². The Morgan fingerprint density at radius 1 is 0.410 bits per heavy atom. The first-order chi connectivity index (χ1) is 28.4. The van der Waals surface area contributed by atoms with Gasteiger partial charge in [0, 0.05) is 48.5 Å². The fraction of sp³-hybridized carbons (Fsp3) is 0.816. The zero-order valence-corrected chi connectivity index (χ0v) is 35.7. The van der Waals surface area contributed by atoms with E-state index >= 15 is 0 Å². The van der Waals surface area contributed by atoms with Crippen molar-refractivity contribution in [2.45, 2.75) is 180 Å². The van der Waals surface area contributed by atoms with Gasteiger partial charge in [-0.25, -0.2) is 0 Å². The molecule has 23 heteroatoms. The Morgan fingerprint density at radius 3 is 1.34 bits per heavy atom. The third-order valence-corrected chi connectivity index (χ3v) is 9.56. The van der Waals surface area contributed by atoms with E-state index in [4.69, 9.17) is 75.8 Å². The summed E-state index contributed by atoms with van der Waals surface area (Å²) in [5.74, 6) is -8.12. The van der Waals surface area contributed by atoms with Gasteiger partial charge in [0.05, 0.1) is 6.61 Å². The zero-order chi connectivity index (χ0) is 45.1. The van der Waals surface area contributed by atoms with Crippen molar-refractivity contribution in [3.05, 3.63) is 0 Å². The number of carbonyl (C=O) groups is 7. The molecule has 23 nitrogen and oxygen atoms in total. The van der Waals surface area contributed by atoms with Crippen LogP contribution in [0.3, 0.4) is 0 Å². The average molecular weight is 879 g/mol. The first kappa shape index (κ1) is 48.0. The number of ether oxygens (including phenoxy) is 16. The first-order valence-corrected chi connectivity index (χ1v) is 19.5. The van der Waals surface area contributed by atoms with Gasteiger partial charge in [0.25, 0.3) is 0 Å². The standard InChI is InChI=1S/C38H54O23/c1-15(39)46-12-22-25(49-17(3)41)28(50-18(4)42)32(53-21(7)45)35(55-22)57-26-23(13-47-16(2)40)54-34(31(52-20(6)44)29(26)51-19(5)43)48-14-24-27-30(59-37(8,9)58-27)33-36(56-24)61-38(10,11)60-33/h22-36H,12-14H2,1-11H3/t22?,23?,24?,25-,26-,27+,28?,29?,30?,31?,32?,33?,34-,35+,36+/m1/s1. The molecule has 0 aliphatic carbocycles. The summed E-state index contributed by atoms with van der Waals surface area (Å²) in [6, 6.07) is 0. The smallest absolute Gasteiger partial charge is 0.303 e. The van der Waals surface area contributed by atoms with E-state index in [1.807, 2.05) is 0 Å². The lowest BCUT2D eigenvalue weighted by molar-refractivity contribution is -0.364. The number of fused-ring (bicyclic) bond motifs is 3. The summed E-state index contributed by atoms with van der Waals surface area (Å²) < 4.78 is 94.2. The normalized spacial score (nSPS) is 37.2. The molecule has 5 heterocycles. The van der Waals surface area contributed by atoms with Crippen LogP contribution in [0.1, 0.15) is 76.2 Å². The fourth-order valence-electron chi connectivity index (χ4n) is 7.62. The van der Waals surface area contributed by atoms with Crippen LogP contribution in [0.2, 0.25) is 0 Å². The summed E-state index contributed by atoms with van der Waals surface area (Å²) >= 11 is 0. The van der Waals surface area contributed by atoms with Crippen LogP contribution >= 0.6 is 0 Å². The highest BCUT2D eigenvalue weighted by Gasteiger charge is 2.62. The summed E-state index contributed by atoms with van der Waals surface area (Å²) in [6.45, 7) is 12.8. The molecule has 0 spiro atoms. The van der Waals surface area contributed by atoms with Gasteiger partial charge >= 0.3 is 41.8 Å². The van der Waals surface area contributed by atoms with Gasteiger partial charge < -0.3 is 75.8 Å². The largest absolute Gasteiger partial charge is 0.463 e. The predicted molar refractivity (Wildman–Crippen MR) is 192 cm³/mol. The minimum absolute atomic E-state index is 0.325. The highest BCUT2D eigenvalue weighted by Crippen LogP contribution is 2.45. The lowest BCUT2D eigenvalue weighted by Gasteiger charge is -2.48. The summed E-state index contributed by atoms with van der Waals surface area (Å²) in [4.78, 5) is 86.9. The number of rotatable bonds is 14. The second-order valence-electron chi connectivity index (χ2n) is 15.7. The highest BCUT2D eigenvalue weighted by atomic mass is 16.9. The summed E-state index contributed by atoms with van der Waals surface area (Å²) in [7, 11) is 0. The Morgan fingerprint density at radius 2 is 0.820 bits per heavy atom. The van der Waals surface area contributed by atoms with Crippen molar-refractivity contribution >= 4 is 41.8 Å². The van der Waals surface area contributed by atoms with Gasteiger partial charge in [-0.1, -0.05) is 0 Å². The van der Waals surface area contributed by atoms with E-state index < -0.39 is 159 Å². The molecule has 5 saturated heterocycles. The maximum Gasteiger partial charge on any atom is 0.303 e. The van der Waals surface area contributed by atoms with E-state index in [1.54, 1.807) is 27.7 Å². The van der Waals surface area contributed by atoms with Crippen LogP contribution in [0.4, 0.5) is 0 Å². The van der Waals surface area contributed by atoms with Crippen LogP contribution in [0.5, 0.6) is 0 Å². The van der Waals surface area contributed by atoms with Gasteiger partial charge in [-0.15, -0.1) is 0 Å². The molecule has 0 bridgehead atoms. The molecule has 0 aromatic heterocycles. The minimum atomic E-state index is -1.84. The predicted octanol–water partition coefficient (Wildman–Crippen LogP) is 0.0192. The molecule has 5 aliphatic heterocycles. The molecule has 5 aliphatic rings. The van der Waals surface area contributed by atoms with Gasteiger partial charge in [0.1, 0.15) is 55.9 Å². The maximum absolute atomic E-state index is 12.8. The van der Waals surface area contributed by atoms with Crippen molar-refractivity contribution in [1.29, 1.82) is 0 Å². The third kappa shape index (κ3) is 12.3. The summed E-state index contributed by atoms with van der Waals surface area (Å²) in [6.07, 6.45) is -20.1.